The molecule has 3 aromatic carbocycles. The van der Waals surface area contributed by atoms with Crippen LogP contribution >= 0.6 is 23.2 Å². The van der Waals surface area contributed by atoms with Gasteiger partial charge >= 0.3 is 0 Å². The molecule has 1 N–H and O–H groups in total. The number of fused-ring (bicyclic) bond motifs is 1. The number of ether oxygens (including phenoxy) is 1. The summed E-state index contributed by atoms with van der Waals surface area (Å²) in [6, 6.07) is 17.4. The third-order valence-corrected chi connectivity index (χ3v) is 7.05. The van der Waals surface area contributed by atoms with Gasteiger partial charge in [-0.2, -0.15) is 0 Å². The molecule has 0 aliphatic carbocycles. The van der Waals surface area contributed by atoms with Crippen molar-refractivity contribution in [1.82, 2.24) is 9.97 Å². The van der Waals surface area contributed by atoms with Crippen molar-refractivity contribution in [2.24, 2.45) is 0 Å². The van der Waals surface area contributed by atoms with Crippen molar-refractivity contribution in [2.45, 2.75) is 38.2 Å². The first kappa shape index (κ1) is 22.8. The van der Waals surface area contributed by atoms with Crippen LogP contribution in [0.2, 0.25) is 10.0 Å². The van der Waals surface area contributed by atoms with E-state index in [1.165, 1.54) is 0 Å². The number of aromatic nitrogens is 2. The molecular formula is C25H24Cl2N2O2S. The lowest BCUT2D eigenvalue weighted by atomic mass is 10.0. The molecule has 1 heterocycles. The van der Waals surface area contributed by atoms with Gasteiger partial charge in [-0.25, -0.2) is 4.98 Å². The minimum absolute atomic E-state index is 0.0237. The molecule has 0 spiro atoms. The Balaban J connectivity index is 1.71. The summed E-state index contributed by atoms with van der Waals surface area (Å²) in [4.78, 5) is 8.92. The summed E-state index contributed by atoms with van der Waals surface area (Å²) in [5.41, 5.74) is 4.07. The molecule has 4 rings (SSSR count). The van der Waals surface area contributed by atoms with Crippen LogP contribution in [0.4, 0.5) is 0 Å². The smallest absolute Gasteiger partial charge is 0.127 e. The van der Waals surface area contributed by atoms with Crippen LogP contribution in [0, 0.1) is 0 Å². The second kappa shape index (κ2) is 9.65. The lowest BCUT2D eigenvalue weighted by Crippen LogP contribution is -2.06. The maximum absolute atomic E-state index is 12.0. The second-order valence-electron chi connectivity index (χ2n) is 7.74. The molecule has 1 unspecified atom stereocenters. The first-order valence-corrected chi connectivity index (χ1v) is 12.5. The fourth-order valence-corrected chi connectivity index (χ4v) is 5.09. The van der Waals surface area contributed by atoms with E-state index < -0.39 is 10.8 Å². The zero-order valence-corrected chi connectivity index (χ0v) is 20.4. The van der Waals surface area contributed by atoms with Crippen molar-refractivity contribution in [3.05, 3.63) is 76.0 Å². The summed E-state index contributed by atoms with van der Waals surface area (Å²) < 4.78 is 17.9. The van der Waals surface area contributed by atoms with Gasteiger partial charge < -0.3 is 9.72 Å². The molecule has 0 saturated heterocycles. The quantitative estimate of drug-likeness (QED) is 0.304. The van der Waals surface area contributed by atoms with Crippen LogP contribution in [0.5, 0.6) is 5.75 Å². The van der Waals surface area contributed by atoms with E-state index in [1.54, 1.807) is 0 Å². The number of benzene rings is 3. The highest BCUT2D eigenvalue weighted by molar-refractivity contribution is 7.85. The number of halogens is 2. The van der Waals surface area contributed by atoms with Gasteiger partial charge in [0.15, 0.2) is 0 Å². The average molecular weight is 487 g/mol. The van der Waals surface area contributed by atoms with Gasteiger partial charge in [0.05, 0.1) is 32.5 Å². The van der Waals surface area contributed by atoms with Crippen LogP contribution in [0.1, 0.15) is 32.2 Å². The molecule has 166 valence electrons. The van der Waals surface area contributed by atoms with Crippen molar-refractivity contribution < 1.29 is 8.95 Å². The number of nitrogens with one attached hydrogen (secondary N) is 1. The maximum atomic E-state index is 12.0. The normalized spacial score (nSPS) is 12.4. The topological polar surface area (TPSA) is 55.0 Å². The van der Waals surface area contributed by atoms with Gasteiger partial charge in [-0.1, -0.05) is 60.5 Å². The zero-order valence-electron chi connectivity index (χ0n) is 18.1. The summed E-state index contributed by atoms with van der Waals surface area (Å²) in [6.45, 7) is 5.88. The van der Waals surface area contributed by atoms with Gasteiger partial charge in [0.25, 0.3) is 0 Å². The molecule has 0 aliphatic rings. The van der Waals surface area contributed by atoms with E-state index in [0.717, 1.165) is 33.1 Å². The predicted octanol–water partition coefficient (Wildman–Crippen LogP) is 7.04. The molecule has 0 fully saturated rings. The van der Waals surface area contributed by atoms with E-state index in [-0.39, 0.29) is 6.10 Å². The number of hydrogen-bond donors (Lipinski definition) is 1. The third-order valence-electron chi connectivity index (χ3n) is 5.06. The molecule has 1 atom stereocenters. The van der Waals surface area contributed by atoms with E-state index >= 15 is 0 Å². The Labute approximate surface area is 200 Å². The van der Waals surface area contributed by atoms with Crippen LogP contribution in [-0.2, 0) is 17.2 Å². The number of rotatable bonds is 7. The molecule has 0 radical (unpaired) electrons. The van der Waals surface area contributed by atoms with Crippen molar-refractivity contribution in [3.63, 3.8) is 0 Å². The molecule has 0 amide bonds. The highest BCUT2D eigenvalue weighted by Crippen LogP contribution is 2.43. The monoisotopic (exact) mass is 486 g/mol. The molecule has 0 aliphatic heterocycles. The lowest BCUT2D eigenvalue weighted by Gasteiger charge is -2.16. The van der Waals surface area contributed by atoms with Gasteiger partial charge in [-0.3, -0.25) is 4.21 Å². The van der Waals surface area contributed by atoms with Gasteiger partial charge in [-0.05, 0) is 43.7 Å². The van der Waals surface area contributed by atoms with Crippen LogP contribution < -0.4 is 4.74 Å². The molecule has 1 aromatic heterocycles. The van der Waals surface area contributed by atoms with Crippen LogP contribution in [0.25, 0.3) is 22.2 Å². The van der Waals surface area contributed by atoms with Gasteiger partial charge in [-0.15, -0.1) is 0 Å². The first-order chi connectivity index (χ1) is 15.4. The van der Waals surface area contributed by atoms with Crippen LogP contribution in [0.3, 0.4) is 0 Å². The summed E-state index contributed by atoms with van der Waals surface area (Å²) in [6.07, 6.45) is 0.625. The number of imidazole rings is 1. The van der Waals surface area contributed by atoms with Gasteiger partial charge in [0.2, 0.25) is 0 Å². The number of H-pyrrole nitrogens is 1. The third kappa shape index (κ3) is 4.70. The first-order valence-electron chi connectivity index (χ1n) is 10.5. The van der Waals surface area contributed by atoms with E-state index in [0.29, 0.717) is 33.3 Å². The summed E-state index contributed by atoms with van der Waals surface area (Å²) in [5, 5.41) is 1.02. The minimum Gasteiger partial charge on any atom is -0.490 e. The maximum Gasteiger partial charge on any atom is 0.127 e. The van der Waals surface area contributed by atoms with Crippen molar-refractivity contribution >= 4 is 45.0 Å². The average Bonchev–Trinajstić information content (AvgIpc) is 3.17. The lowest BCUT2D eigenvalue weighted by molar-refractivity contribution is 0.243. The summed E-state index contributed by atoms with van der Waals surface area (Å²) in [5.74, 6) is 2.12. The highest BCUT2D eigenvalue weighted by Gasteiger charge is 2.19. The standard InChI is InChI=1S/C25H24Cl2N2O2S/c1-4-32(30)17-11-9-16(10-12-17)13-22-28-20-14-19(26)23(24(27)25(20)29-22)18-7-5-6-8-21(18)31-15(2)3/h5-12,14-15H,4,13H2,1-3H3,(H,28,29). The largest absolute Gasteiger partial charge is 0.490 e. The highest BCUT2D eigenvalue weighted by atomic mass is 35.5. The van der Waals surface area contributed by atoms with Gasteiger partial charge in [0, 0.05) is 28.2 Å². The Bertz CT molecular complexity index is 1280. The molecule has 32 heavy (non-hydrogen) atoms. The van der Waals surface area contributed by atoms with Crippen LogP contribution in [0.15, 0.2) is 59.5 Å². The fourth-order valence-electron chi connectivity index (χ4n) is 3.61. The van der Waals surface area contributed by atoms with Crippen molar-refractivity contribution in [3.8, 4) is 16.9 Å². The molecule has 4 aromatic rings. The Morgan fingerprint density at radius 2 is 1.81 bits per heavy atom. The van der Waals surface area contributed by atoms with E-state index in [4.69, 9.17) is 32.9 Å². The Hall–Kier alpha value is -2.34. The summed E-state index contributed by atoms with van der Waals surface area (Å²) in [7, 11) is -0.956. The van der Waals surface area contributed by atoms with E-state index in [2.05, 4.69) is 4.98 Å². The summed E-state index contributed by atoms with van der Waals surface area (Å²) >= 11 is 13.5. The molecule has 4 nitrogen and oxygen atoms in total. The second-order valence-corrected chi connectivity index (χ2v) is 10.3. The Kier molecular flexibility index (Phi) is 6.89. The number of nitrogens with zero attached hydrogens (tertiary/aromatic N) is 1. The number of hydrogen-bond acceptors (Lipinski definition) is 3. The van der Waals surface area contributed by atoms with Gasteiger partial charge in [0.1, 0.15) is 17.1 Å². The van der Waals surface area contributed by atoms with E-state index in [9.17, 15) is 4.21 Å². The van der Waals surface area contributed by atoms with E-state index in [1.807, 2.05) is 75.4 Å². The number of aromatic amines is 1. The molecule has 7 heteroatoms. The van der Waals surface area contributed by atoms with Crippen molar-refractivity contribution in [1.29, 1.82) is 0 Å². The Morgan fingerprint density at radius 3 is 2.50 bits per heavy atom. The fraction of sp³-hybridized carbons (Fsp3) is 0.240. The van der Waals surface area contributed by atoms with Crippen molar-refractivity contribution in [2.75, 3.05) is 5.75 Å². The molecule has 0 saturated carbocycles. The Morgan fingerprint density at radius 1 is 1.09 bits per heavy atom. The predicted molar refractivity (Wildman–Crippen MR) is 134 cm³/mol. The molecular weight excluding hydrogens is 463 g/mol. The number of para-hydroxylation sites is 1. The SMILES string of the molecule is CCS(=O)c1ccc(Cc2nc3c(Cl)c(-c4ccccc4OC(C)C)c(Cl)cc3[nH]2)cc1. The zero-order chi connectivity index (χ0) is 22.8. The minimum atomic E-state index is -0.956. The molecule has 0 bridgehead atoms. The van der Waals surface area contributed by atoms with Crippen LogP contribution in [-0.4, -0.2) is 26.0 Å².